The number of nitrogens with zero attached hydrogens (tertiary/aromatic N) is 4. The predicted molar refractivity (Wildman–Crippen MR) is 275 cm³/mol. The van der Waals surface area contributed by atoms with Gasteiger partial charge >= 0.3 is 35.8 Å². The topological polar surface area (TPSA) is 298 Å². The van der Waals surface area contributed by atoms with Gasteiger partial charge in [0, 0.05) is 94.5 Å². The van der Waals surface area contributed by atoms with Gasteiger partial charge in [0.05, 0.1) is 12.1 Å². The number of aliphatic carboxylic acids is 6. The van der Waals surface area contributed by atoms with Crippen molar-refractivity contribution in [1.82, 2.24) is 9.97 Å². The lowest BCUT2D eigenvalue weighted by Gasteiger charge is -2.12. The van der Waals surface area contributed by atoms with Crippen molar-refractivity contribution in [3.8, 4) is 0 Å². The quantitative estimate of drug-likeness (QED) is 0.0420. The van der Waals surface area contributed by atoms with Gasteiger partial charge in [-0.2, -0.15) is 0 Å². The van der Waals surface area contributed by atoms with E-state index < -0.39 is 35.8 Å². The molecule has 18 nitrogen and oxygen atoms in total. The first-order valence-corrected chi connectivity index (χ1v) is 22.5. The molecule has 0 fully saturated rings. The van der Waals surface area contributed by atoms with Gasteiger partial charge in [-0.15, -0.1) is 0 Å². The van der Waals surface area contributed by atoms with E-state index in [-0.39, 0.29) is 0 Å². The number of carbonyl (C=O) groups is 6. The molecule has 18 heteroatoms. The summed E-state index contributed by atoms with van der Waals surface area (Å²) in [6, 6.07) is 34.5. The van der Waals surface area contributed by atoms with Gasteiger partial charge in [-0.3, -0.25) is 20.0 Å². The number of carboxylic acid groups (broad SMARTS) is 6. The second-order valence-electron chi connectivity index (χ2n) is 15.6. The van der Waals surface area contributed by atoms with E-state index in [1.165, 1.54) is 55.2 Å². The molecule has 2 aliphatic rings. The van der Waals surface area contributed by atoms with Crippen LogP contribution >= 0.6 is 0 Å². The van der Waals surface area contributed by atoms with Crippen molar-refractivity contribution >= 4 is 80.4 Å². The monoisotopic (exact) mass is 978 g/mol. The van der Waals surface area contributed by atoms with Gasteiger partial charge in [-0.25, -0.2) is 28.8 Å². The second-order valence-corrected chi connectivity index (χ2v) is 15.6. The van der Waals surface area contributed by atoms with Crippen LogP contribution in [0.1, 0.15) is 61.8 Å². The summed E-state index contributed by atoms with van der Waals surface area (Å²) in [6.45, 7) is 4.42. The van der Waals surface area contributed by atoms with Crippen LogP contribution in [0.3, 0.4) is 0 Å². The molecule has 0 aliphatic carbocycles. The Hall–Kier alpha value is -9.32. The van der Waals surface area contributed by atoms with E-state index in [4.69, 9.17) is 40.6 Å². The molecular formula is C54H54N6O12. The summed E-state index contributed by atoms with van der Waals surface area (Å²) in [5.41, 5.74) is 7.35. The van der Waals surface area contributed by atoms with Gasteiger partial charge in [-0.1, -0.05) is 86.6 Å². The van der Waals surface area contributed by atoms with Crippen molar-refractivity contribution in [2.45, 2.75) is 64.5 Å². The lowest BCUT2D eigenvalue weighted by atomic mass is 10.0. The Morgan fingerprint density at radius 3 is 1.07 bits per heavy atom. The molecule has 6 aromatic rings. The van der Waals surface area contributed by atoms with E-state index in [0.717, 1.165) is 50.2 Å². The van der Waals surface area contributed by atoms with Crippen molar-refractivity contribution < 1.29 is 59.4 Å². The maximum absolute atomic E-state index is 9.55. The zero-order valence-electron chi connectivity index (χ0n) is 39.3. The van der Waals surface area contributed by atoms with Gasteiger partial charge in [-0.05, 0) is 84.7 Å². The van der Waals surface area contributed by atoms with E-state index in [2.05, 4.69) is 119 Å². The zero-order valence-corrected chi connectivity index (χ0v) is 39.3. The number of hydrogen-bond acceptors (Lipinski definition) is 10. The van der Waals surface area contributed by atoms with Gasteiger partial charge in [0.25, 0.3) is 0 Å². The number of amidine groups is 2. The normalized spacial score (nSPS) is 13.6. The number of hydrogen-bond donors (Lipinski definition) is 8. The molecule has 0 saturated carbocycles. The first-order chi connectivity index (χ1) is 34.6. The largest absolute Gasteiger partial charge is 0.478 e. The molecule has 0 bridgehead atoms. The molecule has 2 unspecified atom stereocenters. The van der Waals surface area contributed by atoms with E-state index in [1.807, 2.05) is 36.9 Å². The van der Waals surface area contributed by atoms with Gasteiger partial charge in [0.2, 0.25) is 0 Å². The molecule has 372 valence electrons. The Bertz CT molecular complexity index is 2700. The van der Waals surface area contributed by atoms with Gasteiger partial charge in [0.15, 0.2) is 0 Å². The van der Waals surface area contributed by atoms with Crippen LogP contribution in [0.4, 0.5) is 11.4 Å². The molecule has 4 heterocycles. The first-order valence-electron chi connectivity index (χ1n) is 22.5. The summed E-state index contributed by atoms with van der Waals surface area (Å²) in [5, 5.41) is 59.0. The molecule has 0 radical (unpaired) electrons. The molecule has 2 atom stereocenters. The molecule has 8 rings (SSSR count). The fraction of sp³-hybridized carbons (Fsp3) is 0.185. The van der Waals surface area contributed by atoms with Crippen LogP contribution < -0.4 is 10.6 Å². The average Bonchev–Trinajstić information content (AvgIpc) is 3.92. The van der Waals surface area contributed by atoms with Crippen LogP contribution in [0.2, 0.25) is 0 Å². The highest BCUT2D eigenvalue weighted by atomic mass is 16.4. The number of aromatic nitrogens is 2. The summed E-state index contributed by atoms with van der Waals surface area (Å²) in [6.07, 6.45) is 17.1. The fourth-order valence-electron chi connectivity index (χ4n) is 7.15. The van der Waals surface area contributed by atoms with E-state index in [1.54, 1.807) is 0 Å². The minimum atomic E-state index is -1.26. The number of pyridine rings is 2. The number of benzene rings is 4. The number of anilines is 2. The molecule has 0 saturated heterocycles. The molecule has 72 heavy (non-hydrogen) atoms. The van der Waals surface area contributed by atoms with Crippen molar-refractivity contribution in [3.63, 3.8) is 0 Å². The van der Waals surface area contributed by atoms with Crippen LogP contribution in [0.15, 0.2) is 168 Å². The van der Waals surface area contributed by atoms with Crippen LogP contribution in [-0.4, -0.2) is 100 Å². The third-order valence-electron chi connectivity index (χ3n) is 10.5. The molecule has 0 amide bonds. The molecule has 2 aliphatic heterocycles. The highest BCUT2D eigenvalue weighted by molar-refractivity contribution is 6.27. The SMILES string of the molecule is CCC(CCc1cccnc1)N=C1Nc2cccc3cccc1c23.CCC(CCc1cccnc1)N=C1Nc2cccc3cccc1c23.O=C(O)/C=C/C(=O)O.O=C(O)/C=C/C(=O)O.O=C(O)/C=C/C(=O)O. The Morgan fingerprint density at radius 2 is 0.792 bits per heavy atom. The summed E-state index contributed by atoms with van der Waals surface area (Å²) < 4.78 is 0. The minimum Gasteiger partial charge on any atom is -0.478 e. The third-order valence-corrected chi connectivity index (χ3v) is 10.5. The van der Waals surface area contributed by atoms with Crippen molar-refractivity contribution in [2.24, 2.45) is 9.98 Å². The molecule has 0 spiro atoms. The first kappa shape index (κ1) is 55.3. The lowest BCUT2D eigenvalue weighted by Crippen LogP contribution is -2.14. The van der Waals surface area contributed by atoms with Crippen LogP contribution in [0.5, 0.6) is 0 Å². The lowest BCUT2D eigenvalue weighted by molar-refractivity contribution is -0.134. The van der Waals surface area contributed by atoms with E-state index in [9.17, 15) is 28.8 Å². The maximum Gasteiger partial charge on any atom is 0.328 e. The number of nitrogens with one attached hydrogen (secondary N) is 2. The number of aliphatic imine (C=N–C) groups is 2. The van der Waals surface area contributed by atoms with Crippen LogP contribution in [0, 0.1) is 0 Å². The fourth-order valence-corrected chi connectivity index (χ4v) is 7.15. The highest BCUT2D eigenvalue weighted by Gasteiger charge is 2.22. The molecule has 4 aromatic carbocycles. The second kappa shape index (κ2) is 28.9. The predicted octanol–water partition coefficient (Wildman–Crippen LogP) is 8.77. The van der Waals surface area contributed by atoms with Crippen molar-refractivity contribution in [1.29, 1.82) is 0 Å². The number of carboxylic acids is 6. The highest BCUT2D eigenvalue weighted by Crippen LogP contribution is 2.35. The van der Waals surface area contributed by atoms with Gasteiger partial charge < -0.3 is 41.3 Å². The Morgan fingerprint density at radius 1 is 0.472 bits per heavy atom. The Balaban J connectivity index is 0.000000218. The van der Waals surface area contributed by atoms with E-state index >= 15 is 0 Å². The van der Waals surface area contributed by atoms with Crippen LogP contribution in [-0.2, 0) is 41.6 Å². The average molecular weight is 979 g/mol. The Kier molecular flexibility index (Phi) is 22.2. The van der Waals surface area contributed by atoms with Crippen LogP contribution in [0.25, 0.3) is 21.5 Å². The summed E-state index contributed by atoms with van der Waals surface area (Å²) >= 11 is 0. The standard InChI is InChI=1S/2C21H21N3.3C4H4O4/c2*1-2-17(12-11-15-6-5-13-22-14-15)23-21-18-9-3-7-16-8-4-10-19(24-21)20(16)18;3*5-3(6)1-2-4(7)8/h2*3-10,13-14,17H,2,11-12H2,1H3,(H,23,24);3*1-2H,(H,5,6)(H,7,8)/b;;3*2-1+. The van der Waals surface area contributed by atoms with Crippen molar-refractivity contribution in [2.75, 3.05) is 10.6 Å². The summed E-state index contributed by atoms with van der Waals surface area (Å²) in [7, 11) is 0. The maximum atomic E-state index is 9.55. The minimum absolute atomic E-state index is 0.317. The van der Waals surface area contributed by atoms with E-state index in [0.29, 0.717) is 48.5 Å². The smallest absolute Gasteiger partial charge is 0.328 e. The van der Waals surface area contributed by atoms with Gasteiger partial charge in [0.1, 0.15) is 11.7 Å². The molecule has 2 aromatic heterocycles. The molecular weight excluding hydrogens is 925 g/mol. The van der Waals surface area contributed by atoms with Crippen molar-refractivity contribution in [3.05, 3.63) is 181 Å². The Labute approximate surface area is 414 Å². The number of rotatable bonds is 16. The zero-order chi connectivity index (χ0) is 52.4. The number of aryl methyl sites for hydroxylation is 2. The summed E-state index contributed by atoms with van der Waals surface area (Å²) in [4.78, 5) is 75.8. The molecule has 8 N–H and O–H groups in total. The summed E-state index contributed by atoms with van der Waals surface area (Å²) in [5.74, 6) is -5.51. The third kappa shape index (κ3) is 18.6.